The van der Waals surface area contributed by atoms with Crippen molar-refractivity contribution in [1.82, 2.24) is 4.31 Å². The van der Waals surface area contributed by atoms with Crippen molar-refractivity contribution in [2.75, 3.05) is 44.5 Å². The average Bonchev–Trinajstić information content (AvgIpc) is 2.78. The van der Waals surface area contributed by atoms with E-state index < -0.39 is 20.9 Å². The van der Waals surface area contributed by atoms with Gasteiger partial charge in [-0.1, -0.05) is 6.92 Å². The highest BCUT2D eigenvalue weighted by Crippen LogP contribution is 2.33. The van der Waals surface area contributed by atoms with Gasteiger partial charge in [0.15, 0.2) is 0 Å². The summed E-state index contributed by atoms with van der Waals surface area (Å²) in [6, 6.07) is 8.48. The van der Waals surface area contributed by atoms with Gasteiger partial charge < -0.3 is 15.0 Å². The van der Waals surface area contributed by atoms with Crippen molar-refractivity contribution in [1.29, 1.82) is 0 Å². The molecule has 1 aliphatic heterocycles. The van der Waals surface area contributed by atoms with Crippen LogP contribution in [-0.2, 0) is 10.0 Å². The minimum Gasteiger partial charge on any atom is -0.495 e. The number of nitrogens with one attached hydrogen (secondary N) is 1. The maximum Gasteiger partial charge on any atom is 0.293 e. The standard InChI is InChI=1S/C22H28N4O6S/c1-15-6-5-11-25(14-15)19-9-7-16(12-20(19)26(28)29)22(27)23-18-13-17(8-10-21(18)32-4)33(30,31)24(2)3/h7-10,12-13,15H,5-6,11,14H2,1-4H3,(H,23,27)/t15-/m0/s1. The highest BCUT2D eigenvalue weighted by atomic mass is 32.2. The quantitative estimate of drug-likeness (QED) is 0.480. The van der Waals surface area contributed by atoms with Gasteiger partial charge in [0.1, 0.15) is 11.4 Å². The molecule has 0 spiro atoms. The summed E-state index contributed by atoms with van der Waals surface area (Å²) in [4.78, 5) is 26.1. The van der Waals surface area contributed by atoms with Crippen LogP contribution in [0.25, 0.3) is 0 Å². The summed E-state index contributed by atoms with van der Waals surface area (Å²) in [6.07, 6.45) is 2.03. The second kappa shape index (κ2) is 9.75. The first-order chi connectivity index (χ1) is 15.5. The minimum atomic E-state index is -3.73. The van der Waals surface area contributed by atoms with Gasteiger partial charge >= 0.3 is 0 Å². The Hall–Kier alpha value is -3.18. The Balaban J connectivity index is 1.93. The number of anilines is 2. The van der Waals surface area contributed by atoms with Crippen molar-refractivity contribution in [3.63, 3.8) is 0 Å². The Morgan fingerprint density at radius 1 is 1.24 bits per heavy atom. The molecular formula is C22H28N4O6S. The number of ether oxygens (including phenoxy) is 1. The Bertz CT molecular complexity index is 1170. The van der Waals surface area contributed by atoms with E-state index in [2.05, 4.69) is 12.2 Å². The van der Waals surface area contributed by atoms with E-state index in [1.807, 2.05) is 4.90 Å². The lowest BCUT2D eigenvalue weighted by Crippen LogP contribution is -2.34. The first-order valence-corrected chi connectivity index (χ1v) is 11.9. The Kier molecular flexibility index (Phi) is 7.23. The largest absolute Gasteiger partial charge is 0.495 e. The zero-order chi connectivity index (χ0) is 24.3. The molecular weight excluding hydrogens is 448 g/mol. The maximum atomic E-state index is 12.9. The summed E-state index contributed by atoms with van der Waals surface area (Å²) < 4.78 is 31.2. The lowest BCUT2D eigenvalue weighted by Gasteiger charge is -2.32. The van der Waals surface area contributed by atoms with E-state index >= 15 is 0 Å². The highest BCUT2D eigenvalue weighted by Gasteiger charge is 2.26. The number of hydrogen-bond donors (Lipinski definition) is 1. The number of nitro benzene ring substituents is 1. The molecule has 1 amide bonds. The summed E-state index contributed by atoms with van der Waals surface area (Å²) >= 11 is 0. The fourth-order valence-corrected chi connectivity index (χ4v) is 4.77. The van der Waals surface area contributed by atoms with E-state index in [4.69, 9.17) is 4.74 Å². The van der Waals surface area contributed by atoms with Gasteiger partial charge in [-0.3, -0.25) is 14.9 Å². The van der Waals surface area contributed by atoms with Crippen molar-refractivity contribution in [3.8, 4) is 5.75 Å². The number of carbonyl (C=O) groups is 1. The molecule has 0 saturated carbocycles. The summed E-state index contributed by atoms with van der Waals surface area (Å²) in [6.45, 7) is 3.55. The molecule has 0 bridgehead atoms. The van der Waals surface area contributed by atoms with Crippen LogP contribution in [0.2, 0.25) is 0 Å². The summed E-state index contributed by atoms with van der Waals surface area (Å²) in [5, 5.41) is 14.4. The molecule has 1 N–H and O–H groups in total. The van der Waals surface area contributed by atoms with Gasteiger partial charge in [-0.2, -0.15) is 0 Å². The van der Waals surface area contributed by atoms with Crippen LogP contribution >= 0.6 is 0 Å². The molecule has 10 nitrogen and oxygen atoms in total. The number of carbonyl (C=O) groups excluding carboxylic acids is 1. The van der Waals surface area contributed by atoms with Gasteiger partial charge in [0.2, 0.25) is 10.0 Å². The van der Waals surface area contributed by atoms with Gasteiger partial charge in [-0.05, 0) is 49.1 Å². The van der Waals surface area contributed by atoms with Gasteiger partial charge in [0.05, 0.1) is 22.6 Å². The van der Waals surface area contributed by atoms with E-state index in [9.17, 15) is 23.3 Å². The van der Waals surface area contributed by atoms with Crippen molar-refractivity contribution >= 4 is 33.0 Å². The molecule has 2 aromatic carbocycles. The number of nitrogens with zero attached hydrogens (tertiary/aromatic N) is 3. The van der Waals surface area contributed by atoms with Crippen LogP contribution in [-0.4, -0.2) is 57.8 Å². The third-order valence-electron chi connectivity index (χ3n) is 5.63. The number of amides is 1. The van der Waals surface area contributed by atoms with E-state index in [0.29, 0.717) is 11.6 Å². The van der Waals surface area contributed by atoms with Crippen LogP contribution in [0, 0.1) is 16.0 Å². The van der Waals surface area contributed by atoms with Gasteiger partial charge in [-0.25, -0.2) is 12.7 Å². The van der Waals surface area contributed by atoms with Crippen LogP contribution < -0.4 is 15.0 Å². The third-order valence-corrected chi connectivity index (χ3v) is 7.44. The number of nitro groups is 1. The zero-order valence-corrected chi connectivity index (χ0v) is 19.9. The normalized spacial score (nSPS) is 16.5. The van der Waals surface area contributed by atoms with Gasteiger partial charge in [0, 0.05) is 38.8 Å². The fourth-order valence-electron chi connectivity index (χ4n) is 3.84. The number of methoxy groups -OCH3 is 1. The monoisotopic (exact) mass is 476 g/mol. The molecule has 0 aliphatic carbocycles. The number of sulfonamides is 1. The van der Waals surface area contributed by atoms with Crippen molar-refractivity contribution < 1.29 is 22.9 Å². The predicted molar refractivity (Wildman–Crippen MR) is 126 cm³/mol. The lowest BCUT2D eigenvalue weighted by molar-refractivity contribution is -0.384. The maximum absolute atomic E-state index is 12.9. The Morgan fingerprint density at radius 3 is 2.58 bits per heavy atom. The molecule has 33 heavy (non-hydrogen) atoms. The summed E-state index contributed by atoms with van der Waals surface area (Å²) in [7, 11) is 0.468. The molecule has 0 unspecified atom stereocenters. The molecule has 1 saturated heterocycles. The van der Waals surface area contributed by atoms with Crippen LogP contribution in [0.4, 0.5) is 17.1 Å². The predicted octanol–water partition coefficient (Wildman–Crippen LogP) is 3.34. The fraction of sp³-hybridized carbons (Fsp3) is 0.409. The van der Waals surface area contributed by atoms with E-state index in [0.717, 1.165) is 30.2 Å². The SMILES string of the molecule is COc1ccc(S(=O)(=O)N(C)C)cc1NC(=O)c1ccc(N2CCC[C@H](C)C2)c([N+](=O)[O-])c1. The molecule has 1 heterocycles. The topological polar surface area (TPSA) is 122 Å². The van der Waals surface area contributed by atoms with E-state index in [1.165, 1.54) is 51.5 Å². The van der Waals surface area contributed by atoms with Crippen LogP contribution in [0.1, 0.15) is 30.1 Å². The van der Waals surface area contributed by atoms with Gasteiger partial charge in [-0.15, -0.1) is 0 Å². The molecule has 1 aliphatic rings. The Labute approximate surface area is 193 Å². The van der Waals surface area contributed by atoms with Crippen LogP contribution in [0.15, 0.2) is 41.3 Å². The highest BCUT2D eigenvalue weighted by molar-refractivity contribution is 7.89. The number of benzene rings is 2. The first kappa shape index (κ1) is 24.5. The summed E-state index contributed by atoms with van der Waals surface area (Å²) in [5.74, 6) is 0.0726. The van der Waals surface area contributed by atoms with Crippen molar-refractivity contribution in [2.24, 2.45) is 5.92 Å². The molecule has 1 fully saturated rings. The van der Waals surface area contributed by atoms with Crippen LogP contribution in [0.3, 0.4) is 0 Å². The summed E-state index contributed by atoms with van der Waals surface area (Å²) in [5.41, 5.74) is 0.563. The molecule has 0 radical (unpaired) electrons. The molecule has 11 heteroatoms. The second-order valence-electron chi connectivity index (χ2n) is 8.26. The zero-order valence-electron chi connectivity index (χ0n) is 19.1. The van der Waals surface area contributed by atoms with Crippen LogP contribution in [0.5, 0.6) is 5.75 Å². The number of hydrogen-bond acceptors (Lipinski definition) is 7. The van der Waals surface area contributed by atoms with Gasteiger partial charge in [0.25, 0.3) is 11.6 Å². The second-order valence-corrected chi connectivity index (χ2v) is 10.4. The minimum absolute atomic E-state index is 0.0239. The van der Waals surface area contributed by atoms with Crippen molar-refractivity contribution in [2.45, 2.75) is 24.7 Å². The van der Waals surface area contributed by atoms with Crippen molar-refractivity contribution in [3.05, 3.63) is 52.1 Å². The Morgan fingerprint density at radius 2 is 1.97 bits per heavy atom. The average molecular weight is 477 g/mol. The first-order valence-electron chi connectivity index (χ1n) is 10.5. The third kappa shape index (κ3) is 5.25. The molecule has 178 valence electrons. The van der Waals surface area contributed by atoms with E-state index in [-0.39, 0.29) is 27.6 Å². The number of piperidine rings is 1. The van der Waals surface area contributed by atoms with E-state index in [1.54, 1.807) is 6.07 Å². The molecule has 2 aromatic rings. The lowest BCUT2D eigenvalue weighted by atomic mass is 9.99. The molecule has 3 rings (SSSR count). The molecule has 1 atom stereocenters. The number of rotatable bonds is 7. The molecule has 0 aromatic heterocycles. The smallest absolute Gasteiger partial charge is 0.293 e.